The van der Waals surface area contributed by atoms with Crippen molar-refractivity contribution in [1.29, 1.82) is 0 Å². The van der Waals surface area contributed by atoms with Gasteiger partial charge in [0, 0.05) is 22.6 Å². The number of halogens is 4. The molecule has 0 bridgehead atoms. The molecule has 2 rings (SSSR count). The third-order valence-corrected chi connectivity index (χ3v) is 7.07. The third-order valence-electron chi connectivity index (χ3n) is 4.75. The zero-order valence-electron chi connectivity index (χ0n) is 19.0. The van der Waals surface area contributed by atoms with Crippen LogP contribution in [0.4, 0.5) is 5.69 Å². The van der Waals surface area contributed by atoms with Crippen LogP contribution in [0.3, 0.4) is 0 Å². The maximum absolute atomic E-state index is 13.4. The van der Waals surface area contributed by atoms with Crippen molar-refractivity contribution >= 4 is 73.9 Å². The van der Waals surface area contributed by atoms with Crippen LogP contribution < -0.4 is 9.62 Å². The van der Waals surface area contributed by atoms with E-state index in [1.54, 1.807) is 39.0 Å². The molecule has 1 N–H and O–H groups in total. The van der Waals surface area contributed by atoms with Crippen molar-refractivity contribution in [3.63, 3.8) is 0 Å². The standard InChI is InChI=1S/C22H25Cl4N3O4S/c1-13(2)27-22(31)14(3)28(11-15-5-6-19(25)20(26)7-15)21(30)12-29(34(4,32)33)18-9-16(23)8-17(24)10-18/h5-10,13-14H,11-12H2,1-4H3,(H,27,31)/t14-/m1/s1. The van der Waals surface area contributed by atoms with Crippen LogP contribution in [0.2, 0.25) is 20.1 Å². The Hall–Kier alpha value is -1.71. The Kier molecular flexibility index (Phi) is 9.91. The van der Waals surface area contributed by atoms with E-state index in [1.165, 1.54) is 23.1 Å². The summed E-state index contributed by atoms with van der Waals surface area (Å²) in [5.74, 6) is -1.00. The van der Waals surface area contributed by atoms with Crippen molar-refractivity contribution < 1.29 is 18.0 Å². The normalized spacial score (nSPS) is 12.4. The summed E-state index contributed by atoms with van der Waals surface area (Å²) in [6, 6.07) is 8.00. The van der Waals surface area contributed by atoms with E-state index in [0.717, 1.165) is 10.6 Å². The Morgan fingerprint density at radius 2 is 1.53 bits per heavy atom. The number of carbonyl (C=O) groups is 2. The zero-order valence-corrected chi connectivity index (χ0v) is 22.8. The van der Waals surface area contributed by atoms with Crippen LogP contribution in [0.25, 0.3) is 0 Å². The fourth-order valence-electron chi connectivity index (χ4n) is 3.12. The summed E-state index contributed by atoms with van der Waals surface area (Å²) in [4.78, 5) is 27.5. The maximum Gasteiger partial charge on any atom is 0.244 e. The van der Waals surface area contributed by atoms with Crippen molar-refractivity contribution in [2.45, 2.75) is 39.4 Å². The lowest BCUT2D eigenvalue weighted by molar-refractivity contribution is -0.139. The minimum absolute atomic E-state index is 0.00366. The molecule has 1 atom stereocenters. The summed E-state index contributed by atoms with van der Waals surface area (Å²) in [6.45, 7) is 4.58. The van der Waals surface area contributed by atoms with Gasteiger partial charge in [-0.15, -0.1) is 0 Å². The van der Waals surface area contributed by atoms with E-state index in [2.05, 4.69) is 5.32 Å². The van der Waals surface area contributed by atoms with Gasteiger partial charge in [0.15, 0.2) is 0 Å². The molecular weight excluding hydrogens is 544 g/mol. The third kappa shape index (κ3) is 7.92. The first kappa shape index (κ1) is 28.5. The van der Waals surface area contributed by atoms with E-state index >= 15 is 0 Å². The van der Waals surface area contributed by atoms with E-state index in [1.807, 2.05) is 0 Å². The van der Waals surface area contributed by atoms with Crippen LogP contribution in [0, 0.1) is 0 Å². The summed E-state index contributed by atoms with van der Waals surface area (Å²) in [5, 5.41) is 3.82. The molecule has 0 aliphatic carbocycles. The smallest absolute Gasteiger partial charge is 0.244 e. The molecule has 2 amide bonds. The average Bonchev–Trinajstić information content (AvgIpc) is 2.70. The lowest BCUT2D eigenvalue weighted by Crippen LogP contribution is -2.52. The highest BCUT2D eigenvalue weighted by molar-refractivity contribution is 7.92. The Labute approximate surface area is 220 Å². The SMILES string of the molecule is CC(C)NC(=O)[C@@H](C)N(Cc1ccc(Cl)c(Cl)c1)C(=O)CN(c1cc(Cl)cc(Cl)c1)S(C)(=O)=O. The van der Waals surface area contributed by atoms with Gasteiger partial charge < -0.3 is 10.2 Å². The molecule has 34 heavy (non-hydrogen) atoms. The molecule has 0 aliphatic rings. The maximum atomic E-state index is 13.4. The molecule has 12 heteroatoms. The van der Waals surface area contributed by atoms with Crippen molar-refractivity contribution in [3.05, 3.63) is 62.1 Å². The summed E-state index contributed by atoms with van der Waals surface area (Å²) in [7, 11) is -3.90. The van der Waals surface area contributed by atoms with Crippen LogP contribution in [0.5, 0.6) is 0 Å². The Morgan fingerprint density at radius 3 is 2.03 bits per heavy atom. The van der Waals surface area contributed by atoms with E-state index < -0.39 is 28.5 Å². The summed E-state index contributed by atoms with van der Waals surface area (Å²) < 4.78 is 26.0. The Morgan fingerprint density at radius 1 is 0.941 bits per heavy atom. The number of carbonyl (C=O) groups excluding carboxylic acids is 2. The Balaban J connectivity index is 2.44. The monoisotopic (exact) mass is 567 g/mol. The van der Waals surface area contributed by atoms with Crippen molar-refractivity contribution in [1.82, 2.24) is 10.2 Å². The van der Waals surface area contributed by atoms with E-state index in [0.29, 0.717) is 10.6 Å². The molecule has 2 aromatic rings. The molecule has 0 aromatic heterocycles. The van der Waals surface area contributed by atoms with E-state index in [9.17, 15) is 18.0 Å². The van der Waals surface area contributed by atoms with Gasteiger partial charge in [0.05, 0.1) is 22.0 Å². The second-order valence-corrected chi connectivity index (χ2v) is 11.6. The van der Waals surface area contributed by atoms with Gasteiger partial charge in [0.2, 0.25) is 21.8 Å². The summed E-state index contributed by atoms with van der Waals surface area (Å²) in [6.07, 6.45) is 0.966. The van der Waals surface area contributed by atoms with Crippen LogP contribution in [0.15, 0.2) is 36.4 Å². The molecule has 0 unspecified atom stereocenters. The highest BCUT2D eigenvalue weighted by Gasteiger charge is 2.30. The van der Waals surface area contributed by atoms with Gasteiger partial charge in [0.1, 0.15) is 12.6 Å². The first-order chi connectivity index (χ1) is 15.7. The van der Waals surface area contributed by atoms with Crippen LogP contribution in [-0.2, 0) is 26.2 Å². The molecule has 0 saturated carbocycles. The van der Waals surface area contributed by atoms with Crippen LogP contribution >= 0.6 is 46.4 Å². The average molecular weight is 569 g/mol. The second-order valence-electron chi connectivity index (χ2n) is 8.01. The topological polar surface area (TPSA) is 86.8 Å². The molecule has 7 nitrogen and oxygen atoms in total. The number of rotatable bonds is 9. The summed E-state index contributed by atoms with van der Waals surface area (Å²) in [5.41, 5.74) is 0.741. The van der Waals surface area contributed by atoms with Crippen molar-refractivity contribution in [3.8, 4) is 0 Å². The van der Waals surface area contributed by atoms with Crippen LogP contribution in [-0.4, -0.2) is 50.0 Å². The lowest BCUT2D eigenvalue weighted by atomic mass is 10.1. The first-order valence-electron chi connectivity index (χ1n) is 10.2. The zero-order chi connectivity index (χ0) is 25.8. The predicted octanol–water partition coefficient (Wildman–Crippen LogP) is 5.01. The van der Waals surface area contributed by atoms with Gasteiger partial charge in [-0.1, -0.05) is 52.5 Å². The van der Waals surface area contributed by atoms with Crippen LogP contribution in [0.1, 0.15) is 26.3 Å². The van der Waals surface area contributed by atoms with Gasteiger partial charge >= 0.3 is 0 Å². The predicted molar refractivity (Wildman–Crippen MR) is 138 cm³/mol. The molecule has 0 fully saturated rings. The minimum Gasteiger partial charge on any atom is -0.352 e. The molecule has 186 valence electrons. The largest absolute Gasteiger partial charge is 0.352 e. The summed E-state index contributed by atoms with van der Waals surface area (Å²) >= 11 is 24.2. The lowest BCUT2D eigenvalue weighted by Gasteiger charge is -2.32. The highest BCUT2D eigenvalue weighted by atomic mass is 35.5. The number of benzene rings is 2. The fraction of sp³-hybridized carbons (Fsp3) is 0.364. The van der Waals surface area contributed by atoms with Gasteiger partial charge in [-0.25, -0.2) is 8.42 Å². The first-order valence-corrected chi connectivity index (χ1v) is 13.5. The second kappa shape index (κ2) is 11.8. The Bertz CT molecular complexity index is 1150. The van der Waals surface area contributed by atoms with Gasteiger partial charge in [-0.3, -0.25) is 13.9 Å². The number of hydrogen-bond donors (Lipinski definition) is 1. The molecule has 0 saturated heterocycles. The molecule has 0 radical (unpaired) electrons. The van der Waals surface area contributed by atoms with Gasteiger partial charge in [-0.05, 0) is 56.7 Å². The molecule has 0 aliphatic heterocycles. The number of amides is 2. The van der Waals surface area contributed by atoms with Crippen molar-refractivity contribution in [2.24, 2.45) is 0 Å². The molecule has 0 heterocycles. The fourth-order valence-corrected chi connectivity index (χ4v) is 4.79. The van der Waals surface area contributed by atoms with E-state index in [4.69, 9.17) is 46.4 Å². The molecular formula is C22H25Cl4N3O4S. The minimum atomic E-state index is -3.90. The number of nitrogens with zero attached hydrogens (tertiary/aromatic N) is 2. The van der Waals surface area contributed by atoms with Crippen molar-refractivity contribution in [2.75, 3.05) is 17.1 Å². The van der Waals surface area contributed by atoms with Gasteiger partial charge in [0.25, 0.3) is 0 Å². The number of hydrogen-bond acceptors (Lipinski definition) is 4. The van der Waals surface area contributed by atoms with E-state index in [-0.39, 0.29) is 39.2 Å². The molecule has 2 aromatic carbocycles. The van der Waals surface area contributed by atoms with Gasteiger partial charge in [-0.2, -0.15) is 0 Å². The molecule has 0 spiro atoms. The number of anilines is 1. The quantitative estimate of drug-likeness (QED) is 0.461. The highest BCUT2D eigenvalue weighted by Crippen LogP contribution is 2.28. The number of nitrogens with one attached hydrogen (secondary N) is 1. The number of sulfonamides is 1.